The standard InChI is InChI=1S/C52H84N2O8/c1-15-17-19-21-23-37(61-43(55)27-25-35-29-39(49(3,4)5)45(57)40(30-35)50(6,7)8)33-53-47(59)48(60)54-34-38(24-22-20-18-16-2)62-44(56)28-26-36-31-41(51(9,10)11)46(58)42(32-36)52(12,13)14/h29-32,37-38,57-58H,15-28,33-34H2,1-14H3,(H,53,59)(H,54,60). The van der Waals surface area contributed by atoms with Gasteiger partial charge in [0.15, 0.2) is 0 Å². The molecule has 10 nitrogen and oxygen atoms in total. The van der Waals surface area contributed by atoms with E-state index in [2.05, 4.69) is 108 Å². The predicted molar refractivity (Wildman–Crippen MR) is 251 cm³/mol. The third-order valence-electron chi connectivity index (χ3n) is 11.3. The maximum Gasteiger partial charge on any atom is 0.309 e. The van der Waals surface area contributed by atoms with Crippen LogP contribution in [-0.4, -0.2) is 59.3 Å². The molecule has 2 amide bonds. The van der Waals surface area contributed by atoms with Gasteiger partial charge in [0.05, 0.1) is 13.1 Å². The second-order valence-electron chi connectivity index (χ2n) is 21.4. The summed E-state index contributed by atoms with van der Waals surface area (Å²) in [5.74, 6) is -1.90. The quantitative estimate of drug-likeness (QED) is 0.0519. The van der Waals surface area contributed by atoms with Crippen molar-refractivity contribution < 1.29 is 38.9 Å². The van der Waals surface area contributed by atoms with Gasteiger partial charge in [0, 0.05) is 12.8 Å². The Hall–Kier alpha value is -4.08. The average molecular weight is 865 g/mol. The number of hydrogen-bond acceptors (Lipinski definition) is 8. The molecule has 0 saturated carbocycles. The molecule has 2 rings (SSSR count). The second kappa shape index (κ2) is 24.1. The Labute approximate surface area is 375 Å². The van der Waals surface area contributed by atoms with E-state index in [0.29, 0.717) is 25.7 Å². The number of benzene rings is 2. The van der Waals surface area contributed by atoms with Crippen LogP contribution in [-0.2, 0) is 63.2 Å². The smallest absolute Gasteiger partial charge is 0.309 e. The molecule has 0 aliphatic carbocycles. The fourth-order valence-electron chi connectivity index (χ4n) is 7.52. The van der Waals surface area contributed by atoms with Gasteiger partial charge in [-0.3, -0.25) is 19.2 Å². The van der Waals surface area contributed by atoms with Crippen molar-refractivity contribution in [3.63, 3.8) is 0 Å². The van der Waals surface area contributed by atoms with E-state index < -0.39 is 36.0 Å². The van der Waals surface area contributed by atoms with Crippen molar-refractivity contribution in [1.29, 1.82) is 0 Å². The maximum absolute atomic E-state index is 13.3. The van der Waals surface area contributed by atoms with Crippen LogP contribution in [0.15, 0.2) is 24.3 Å². The molecule has 2 aromatic rings. The van der Waals surface area contributed by atoms with Gasteiger partial charge in [-0.05, 0) is 93.6 Å². The molecule has 2 atom stereocenters. The lowest BCUT2D eigenvalue weighted by molar-refractivity contribution is -0.151. The Morgan fingerprint density at radius 1 is 0.500 bits per heavy atom. The molecular weight excluding hydrogens is 781 g/mol. The number of amides is 2. The summed E-state index contributed by atoms with van der Waals surface area (Å²) in [5, 5.41) is 27.6. The molecule has 0 bridgehead atoms. The first kappa shape index (κ1) is 54.1. The fourth-order valence-corrected chi connectivity index (χ4v) is 7.52. The van der Waals surface area contributed by atoms with Crippen molar-refractivity contribution in [1.82, 2.24) is 10.6 Å². The summed E-state index contributed by atoms with van der Waals surface area (Å²) < 4.78 is 11.8. The van der Waals surface area contributed by atoms with E-state index in [9.17, 15) is 29.4 Å². The summed E-state index contributed by atoms with van der Waals surface area (Å²) in [6.07, 6.45) is 8.70. The highest BCUT2D eigenvalue weighted by Gasteiger charge is 2.29. The molecule has 10 heteroatoms. The third kappa shape index (κ3) is 18.3. The molecule has 0 fully saturated rings. The Kier molecular flexibility index (Phi) is 21.0. The largest absolute Gasteiger partial charge is 0.507 e. The van der Waals surface area contributed by atoms with Crippen LogP contribution in [0.2, 0.25) is 0 Å². The molecule has 2 unspecified atom stereocenters. The molecule has 350 valence electrons. The monoisotopic (exact) mass is 865 g/mol. The normalized spacial score (nSPS) is 13.3. The zero-order chi connectivity index (χ0) is 47.1. The van der Waals surface area contributed by atoms with Crippen LogP contribution in [0.4, 0.5) is 0 Å². The van der Waals surface area contributed by atoms with Crippen LogP contribution in [0, 0.1) is 0 Å². The first-order chi connectivity index (χ1) is 28.7. The highest BCUT2D eigenvalue weighted by Crippen LogP contribution is 2.41. The van der Waals surface area contributed by atoms with Gasteiger partial charge < -0.3 is 30.3 Å². The number of nitrogens with one attached hydrogen (secondary N) is 2. The van der Waals surface area contributed by atoms with Gasteiger partial charge in [-0.1, -0.05) is 160 Å². The number of hydrogen-bond donors (Lipinski definition) is 4. The summed E-state index contributed by atoms with van der Waals surface area (Å²) in [7, 11) is 0. The molecule has 0 aliphatic heterocycles. The summed E-state index contributed by atoms with van der Waals surface area (Å²) in [4.78, 5) is 52.7. The van der Waals surface area contributed by atoms with Crippen LogP contribution in [0.1, 0.15) is 207 Å². The number of phenols is 2. The molecule has 2 aromatic carbocycles. The number of aromatic hydroxyl groups is 2. The van der Waals surface area contributed by atoms with E-state index in [1.807, 2.05) is 24.3 Å². The van der Waals surface area contributed by atoms with Gasteiger partial charge in [0.1, 0.15) is 23.7 Å². The number of ether oxygens (including phenoxy) is 2. The number of carbonyl (C=O) groups is 4. The topological polar surface area (TPSA) is 151 Å². The lowest BCUT2D eigenvalue weighted by Gasteiger charge is -2.28. The molecule has 4 N–H and O–H groups in total. The summed E-state index contributed by atoms with van der Waals surface area (Å²) in [6.45, 7) is 28.9. The van der Waals surface area contributed by atoms with Crippen LogP contribution in [0.3, 0.4) is 0 Å². The molecule has 0 saturated heterocycles. The average Bonchev–Trinajstić information content (AvgIpc) is 3.16. The minimum atomic E-state index is -0.846. The molecule has 0 spiro atoms. The van der Waals surface area contributed by atoms with Gasteiger partial charge in [-0.15, -0.1) is 0 Å². The Morgan fingerprint density at radius 3 is 1.05 bits per heavy atom. The molecular formula is C52H84N2O8. The van der Waals surface area contributed by atoms with Gasteiger partial charge in [-0.25, -0.2) is 0 Å². The highest BCUT2D eigenvalue weighted by atomic mass is 16.5. The fraction of sp³-hybridized carbons (Fsp3) is 0.692. The lowest BCUT2D eigenvalue weighted by atomic mass is 9.78. The Morgan fingerprint density at radius 2 is 0.790 bits per heavy atom. The number of carbonyl (C=O) groups excluding carboxylic acids is 4. The van der Waals surface area contributed by atoms with Gasteiger partial charge >= 0.3 is 23.8 Å². The molecule has 0 aliphatic rings. The van der Waals surface area contributed by atoms with E-state index in [1.54, 1.807) is 0 Å². The molecule has 0 heterocycles. The minimum Gasteiger partial charge on any atom is -0.507 e. The van der Waals surface area contributed by atoms with E-state index >= 15 is 0 Å². The lowest BCUT2D eigenvalue weighted by Crippen LogP contribution is -2.45. The van der Waals surface area contributed by atoms with Gasteiger partial charge in [0.25, 0.3) is 0 Å². The Balaban J connectivity index is 2.09. The van der Waals surface area contributed by atoms with Crippen molar-refractivity contribution in [2.24, 2.45) is 0 Å². The van der Waals surface area contributed by atoms with Crippen LogP contribution >= 0.6 is 0 Å². The van der Waals surface area contributed by atoms with Crippen molar-refractivity contribution in [3.05, 3.63) is 57.6 Å². The van der Waals surface area contributed by atoms with Gasteiger partial charge in [-0.2, -0.15) is 0 Å². The molecule has 0 radical (unpaired) electrons. The molecule has 0 aromatic heterocycles. The number of esters is 2. The van der Waals surface area contributed by atoms with Crippen molar-refractivity contribution >= 4 is 23.8 Å². The first-order valence-corrected chi connectivity index (χ1v) is 23.4. The number of phenolic OH excluding ortho intramolecular Hbond substituents is 2. The second-order valence-corrected chi connectivity index (χ2v) is 21.4. The zero-order valence-electron chi connectivity index (χ0n) is 41.1. The number of unbranched alkanes of at least 4 members (excludes halogenated alkanes) is 6. The summed E-state index contributed by atoms with van der Waals surface area (Å²) in [5.41, 5.74) is 4.04. The van der Waals surface area contributed by atoms with E-state index in [-0.39, 0.29) is 59.1 Å². The first-order valence-electron chi connectivity index (χ1n) is 23.4. The number of rotatable bonds is 22. The summed E-state index contributed by atoms with van der Waals surface area (Å²) in [6, 6.07) is 7.88. The SMILES string of the molecule is CCCCCCC(CNC(=O)C(=O)NCC(CCCCCC)OC(=O)CCc1cc(C(C)(C)C)c(O)c(C(C)(C)C)c1)OC(=O)CCc1cc(C(C)(C)C)c(O)c(C(C)(C)C)c1. The van der Waals surface area contributed by atoms with Crippen LogP contribution < -0.4 is 10.6 Å². The third-order valence-corrected chi connectivity index (χ3v) is 11.3. The van der Waals surface area contributed by atoms with E-state index in [1.165, 1.54) is 0 Å². The van der Waals surface area contributed by atoms with E-state index in [0.717, 1.165) is 84.7 Å². The van der Waals surface area contributed by atoms with Crippen molar-refractivity contribution in [2.45, 2.75) is 221 Å². The minimum absolute atomic E-state index is 0.00772. The van der Waals surface area contributed by atoms with E-state index in [4.69, 9.17) is 9.47 Å². The Bertz CT molecular complexity index is 1570. The van der Waals surface area contributed by atoms with Crippen LogP contribution in [0.25, 0.3) is 0 Å². The van der Waals surface area contributed by atoms with Crippen molar-refractivity contribution in [2.75, 3.05) is 13.1 Å². The summed E-state index contributed by atoms with van der Waals surface area (Å²) >= 11 is 0. The maximum atomic E-state index is 13.3. The predicted octanol–water partition coefficient (Wildman–Crippen LogP) is 10.8. The zero-order valence-corrected chi connectivity index (χ0v) is 41.1. The van der Waals surface area contributed by atoms with Crippen molar-refractivity contribution in [3.8, 4) is 11.5 Å². The number of aryl methyl sites for hydroxylation is 2. The highest BCUT2D eigenvalue weighted by molar-refractivity contribution is 6.35. The van der Waals surface area contributed by atoms with Crippen LogP contribution in [0.5, 0.6) is 11.5 Å². The molecule has 62 heavy (non-hydrogen) atoms. The van der Waals surface area contributed by atoms with Gasteiger partial charge in [0.2, 0.25) is 0 Å².